The zero-order valence-corrected chi connectivity index (χ0v) is 15.4. The van der Waals surface area contributed by atoms with Crippen LogP contribution in [0.2, 0.25) is 5.02 Å². The van der Waals surface area contributed by atoms with Crippen LogP contribution >= 0.6 is 11.6 Å². The number of halogens is 1. The van der Waals surface area contributed by atoms with Crippen molar-refractivity contribution in [1.82, 2.24) is 4.98 Å². The molecule has 0 unspecified atom stereocenters. The van der Waals surface area contributed by atoms with E-state index in [-0.39, 0.29) is 5.78 Å². The first-order valence-electron chi connectivity index (χ1n) is 8.25. The number of carbonyl (C=O) groups is 1. The quantitative estimate of drug-likeness (QED) is 0.573. The number of aromatic nitrogens is 1. The lowest BCUT2D eigenvalue weighted by atomic mass is 10.0. The molecule has 2 N–H and O–H groups in total. The summed E-state index contributed by atoms with van der Waals surface area (Å²) in [4.78, 5) is 15.6. The summed E-state index contributed by atoms with van der Waals surface area (Å²) in [5.74, 6) is 0.0483. The third kappa shape index (κ3) is 3.62. The van der Waals surface area contributed by atoms with Crippen LogP contribution in [0, 0.1) is 13.8 Å². The largest absolute Gasteiger partial charge is 0.379 e. The van der Waals surface area contributed by atoms with Crippen molar-refractivity contribution in [3.8, 4) is 11.3 Å². The number of benzene rings is 2. The van der Waals surface area contributed by atoms with Gasteiger partial charge in [0.1, 0.15) is 0 Å². The highest BCUT2D eigenvalue weighted by molar-refractivity contribution is 6.30. The number of nitrogens with one attached hydrogen (secondary N) is 2. The first-order chi connectivity index (χ1) is 12.0. The number of aryl methyl sites for hydroxylation is 2. The fourth-order valence-corrected chi connectivity index (χ4v) is 3.22. The van der Waals surface area contributed by atoms with Gasteiger partial charge in [0.15, 0.2) is 5.78 Å². The molecule has 3 nitrogen and oxygen atoms in total. The zero-order valence-electron chi connectivity index (χ0n) is 14.6. The van der Waals surface area contributed by atoms with Crippen LogP contribution in [0.1, 0.15) is 34.1 Å². The Kier molecular flexibility index (Phi) is 4.95. The molecule has 0 aliphatic carbocycles. The van der Waals surface area contributed by atoms with Crippen molar-refractivity contribution in [2.75, 3.05) is 5.32 Å². The first kappa shape index (κ1) is 17.3. The number of Topliss-reactive ketones (excluding diaryl/α,β-unsaturated/α-hetero) is 1. The highest BCUT2D eigenvalue weighted by atomic mass is 35.5. The molecule has 0 bridgehead atoms. The summed E-state index contributed by atoms with van der Waals surface area (Å²) < 4.78 is 0. The van der Waals surface area contributed by atoms with Crippen LogP contribution in [0.25, 0.3) is 11.3 Å². The van der Waals surface area contributed by atoms with Crippen LogP contribution in [-0.2, 0) is 6.54 Å². The van der Waals surface area contributed by atoms with Gasteiger partial charge in [0.05, 0.1) is 16.9 Å². The van der Waals surface area contributed by atoms with E-state index in [1.807, 2.05) is 43.3 Å². The maximum absolute atomic E-state index is 12.2. The van der Waals surface area contributed by atoms with Crippen molar-refractivity contribution in [2.24, 2.45) is 0 Å². The molecule has 3 rings (SSSR count). The van der Waals surface area contributed by atoms with E-state index in [1.165, 1.54) is 0 Å². The molecule has 0 radical (unpaired) electrons. The van der Waals surface area contributed by atoms with Gasteiger partial charge in [0.25, 0.3) is 0 Å². The Morgan fingerprint density at radius 2 is 1.76 bits per heavy atom. The molecular formula is C21H21ClN2O. The topological polar surface area (TPSA) is 44.9 Å². The second kappa shape index (κ2) is 7.16. The summed E-state index contributed by atoms with van der Waals surface area (Å²) >= 11 is 5.95. The number of ketones is 1. The molecule has 0 saturated heterocycles. The molecule has 3 aromatic rings. The average molecular weight is 353 g/mol. The Labute approximate surface area is 153 Å². The normalized spacial score (nSPS) is 10.7. The Morgan fingerprint density at radius 1 is 1.08 bits per heavy atom. The van der Waals surface area contributed by atoms with Gasteiger partial charge in [-0.25, -0.2) is 0 Å². The van der Waals surface area contributed by atoms with Gasteiger partial charge in [-0.05, 0) is 44.0 Å². The average Bonchev–Trinajstić information content (AvgIpc) is 2.91. The summed E-state index contributed by atoms with van der Waals surface area (Å²) in [6.45, 7) is 6.23. The lowest BCUT2D eigenvalue weighted by Crippen LogP contribution is -2.05. The molecule has 0 atom stereocenters. The van der Waals surface area contributed by atoms with Crippen molar-refractivity contribution in [2.45, 2.75) is 27.3 Å². The van der Waals surface area contributed by atoms with Crippen molar-refractivity contribution in [3.05, 3.63) is 75.9 Å². The summed E-state index contributed by atoms with van der Waals surface area (Å²) in [5.41, 5.74) is 6.76. The van der Waals surface area contributed by atoms with Crippen molar-refractivity contribution >= 4 is 23.1 Å². The third-order valence-corrected chi connectivity index (χ3v) is 4.59. The van der Waals surface area contributed by atoms with E-state index < -0.39 is 0 Å². The van der Waals surface area contributed by atoms with Gasteiger partial charge in [-0.2, -0.15) is 0 Å². The monoisotopic (exact) mass is 352 g/mol. The number of rotatable bonds is 5. The molecule has 0 fully saturated rings. The smallest absolute Gasteiger partial charge is 0.163 e. The molecule has 0 amide bonds. The Balaban J connectivity index is 2.02. The van der Waals surface area contributed by atoms with Crippen LogP contribution in [-0.4, -0.2) is 10.8 Å². The molecule has 0 spiro atoms. The second-order valence-corrected chi connectivity index (χ2v) is 6.66. The Bertz CT molecular complexity index is 910. The Hall–Kier alpha value is -2.52. The fourth-order valence-electron chi connectivity index (χ4n) is 3.09. The van der Waals surface area contributed by atoms with Crippen molar-refractivity contribution < 1.29 is 4.79 Å². The van der Waals surface area contributed by atoms with Crippen LogP contribution < -0.4 is 5.32 Å². The molecule has 2 aromatic carbocycles. The summed E-state index contributed by atoms with van der Waals surface area (Å²) in [5, 5.41) is 4.16. The summed E-state index contributed by atoms with van der Waals surface area (Å²) in [7, 11) is 0. The summed E-state index contributed by atoms with van der Waals surface area (Å²) in [6, 6.07) is 15.9. The SMILES string of the molecule is CC(=O)c1c(C)[nH]c(-c2ccccc2C)c1NCc1ccc(Cl)cc1. The van der Waals surface area contributed by atoms with E-state index in [4.69, 9.17) is 11.6 Å². The van der Waals surface area contributed by atoms with E-state index in [2.05, 4.69) is 29.4 Å². The van der Waals surface area contributed by atoms with Crippen LogP contribution in [0.4, 0.5) is 5.69 Å². The number of H-pyrrole nitrogens is 1. The first-order valence-corrected chi connectivity index (χ1v) is 8.63. The number of hydrogen-bond acceptors (Lipinski definition) is 2. The van der Waals surface area contributed by atoms with Crippen LogP contribution in [0.15, 0.2) is 48.5 Å². The molecule has 1 aromatic heterocycles. The Morgan fingerprint density at radius 3 is 2.40 bits per heavy atom. The fraction of sp³-hybridized carbons (Fsp3) is 0.190. The highest BCUT2D eigenvalue weighted by Crippen LogP contribution is 2.35. The maximum atomic E-state index is 12.2. The molecule has 25 heavy (non-hydrogen) atoms. The van der Waals surface area contributed by atoms with Crippen molar-refractivity contribution in [3.63, 3.8) is 0 Å². The zero-order chi connectivity index (χ0) is 18.0. The molecule has 0 aliphatic rings. The minimum Gasteiger partial charge on any atom is -0.379 e. The molecule has 128 valence electrons. The maximum Gasteiger partial charge on any atom is 0.163 e. The summed E-state index contributed by atoms with van der Waals surface area (Å²) in [6.07, 6.45) is 0. The van der Waals surface area contributed by atoms with E-state index in [1.54, 1.807) is 6.92 Å². The second-order valence-electron chi connectivity index (χ2n) is 6.23. The van der Waals surface area contributed by atoms with Gasteiger partial charge in [-0.1, -0.05) is 48.0 Å². The third-order valence-electron chi connectivity index (χ3n) is 4.34. The number of hydrogen-bond donors (Lipinski definition) is 2. The molecule has 0 saturated carbocycles. The number of anilines is 1. The number of carbonyl (C=O) groups excluding carboxylic acids is 1. The van der Waals surface area contributed by atoms with Gasteiger partial charge < -0.3 is 10.3 Å². The van der Waals surface area contributed by atoms with E-state index in [0.717, 1.165) is 33.8 Å². The highest BCUT2D eigenvalue weighted by Gasteiger charge is 2.20. The van der Waals surface area contributed by atoms with Crippen LogP contribution in [0.3, 0.4) is 0 Å². The van der Waals surface area contributed by atoms with E-state index in [9.17, 15) is 4.79 Å². The molecule has 4 heteroatoms. The van der Waals surface area contributed by atoms with Gasteiger partial charge >= 0.3 is 0 Å². The predicted octanol–water partition coefficient (Wildman–Crippen LogP) is 5.77. The minimum atomic E-state index is 0.0483. The lowest BCUT2D eigenvalue weighted by Gasteiger charge is -2.12. The van der Waals surface area contributed by atoms with E-state index in [0.29, 0.717) is 17.1 Å². The molecule has 0 aliphatic heterocycles. The van der Waals surface area contributed by atoms with Gasteiger partial charge in [0.2, 0.25) is 0 Å². The van der Waals surface area contributed by atoms with Gasteiger partial charge in [-0.15, -0.1) is 0 Å². The molecular weight excluding hydrogens is 332 g/mol. The van der Waals surface area contributed by atoms with Crippen LogP contribution in [0.5, 0.6) is 0 Å². The van der Waals surface area contributed by atoms with Gasteiger partial charge in [0, 0.05) is 22.8 Å². The standard InChI is InChI=1S/C21H21ClN2O/c1-13-6-4-5-7-18(13)20-21(19(15(3)25)14(2)24-20)23-12-16-8-10-17(22)11-9-16/h4-11,23-24H,12H2,1-3H3. The van der Waals surface area contributed by atoms with E-state index >= 15 is 0 Å². The lowest BCUT2D eigenvalue weighted by molar-refractivity contribution is 0.101. The number of aromatic amines is 1. The van der Waals surface area contributed by atoms with Crippen molar-refractivity contribution in [1.29, 1.82) is 0 Å². The molecule has 1 heterocycles. The predicted molar refractivity (Wildman–Crippen MR) is 104 cm³/mol. The van der Waals surface area contributed by atoms with Gasteiger partial charge in [-0.3, -0.25) is 4.79 Å². The minimum absolute atomic E-state index is 0.0483.